The Morgan fingerprint density at radius 3 is 2.67 bits per heavy atom. The number of hydrogen-bond acceptors (Lipinski definition) is 5. The van der Waals surface area contributed by atoms with Gasteiger partial charge in [0.2, 0.25) is 0 Å². The Balaban J connectivity index is 1.84. The van der Waals surface area contributed by atoms with Crippen molar-refractivity contribution < 1.29 is 13.2 Å². The zero-order valence-electron chi connectivity index (χ0n) is 13.8. The number of nitrogens with zero attached hydrogens (tertiary/aromatic N) is 2. The van der Waals surface area contributed by atoms with E-state index in [1.54, 1.807) is 18.2 Å². The number of para-hydroxylation sites is 1. The molecule has 0 atom stereocenters. The minimum Gasteiger partial charge on any atom is -0.492 e. The van der Waals surface area contributed by atoms with Crippen molar-refractivity contribution in [3.05, 3.63) is 42.1 Å². The van der Waals surface area contributed by atoms with Crippen molar-refractivity contribution in [3.8, 4) is 5.75 Å². The molecule has 24 heavy (non-hydrogen) atoms. The second-order valence-corrected chi connectivity index (χ2v) is 7.18. The van der Waals surface area contributed by atoms with Crippen LogP contribution in [-0.4, -0.2) is 33.1 Å². The summed E-state index contributed by atoms with van der Waals surface area (Å²) in [5.41, 5.74) is 1.36. The first-order valence-electron chi connectivity index (χ1n) is 8.03. The van der Waals surface area contributed by atoms with Crippen molar-refractivity contribution in [1.29, 1.82) is 0 Å². The van der Waals surface area contributed by atoms with Crippen LogP contribution in [0, 0.1) is 0 Å². The molecule has 0 aliphatic carbocycles. The molecule has 1 aromatic heterocycles. The van der Waals surface area contributed by atoms with Crippen LogP contribution < -0.4 is 14.4 Å². The topological polar surface area (TPSA) is 71.5 Å². The van der Waals surface area contributed by atoms with Crippen molar-refractivity contribution >= 4 is 21.5 Å². The SMILES string of the molecule is CCN(CC)c1ccc(NS(=O)(=O)c2cccc3c2OCC3)cn1. The fourth-order valence-corrected chi connectivity index (χ4v) is 4.02. The van der Waals surface area contributed by atoms with Crippen LogP contribution in [0.25, 0.3) is 0 Å². The summed E-state index contributed by atoms with van der Waals surface area (Å²) in [5.74, 6) is 1.28. The van der Waals surface area contributed by atoms with Gasteiger partial charge in [0.1, 0.15) is 16.5 Å². The summed E-state index contributed by atoms with van der Waals surface area (Å²) in [4.78, 5) is 6.60. The van der Waals surface area contributed by atoms with Gasteiger partial charge in [-0.25, -0.2) is 13.4 Å². The predicted molar refractivity (Wildman–Crippen MR) is 94.2 cm³/mol. The third-order valence-corrected chi connectivity index (χ3v) is 5.46. The van der Waals surface area contributed by atoms with E-state index in [2.05, 4.69) is 28.5 Å². The van der Waals surface area contributed by atoms with Crippen LogP contribution in [0.5, 0.6) is 5.75 Å². The molecule has 0 spiro atoms. The largest absolute Gasteiger partial charge is 0.492 e. The van der Waals surface area contributed by atoms with E-state index in [0.717, 1.165) is 30.9 Å². The lowest BCUT2D eigenvalue weighted by Crippen LogP contribution is -2.23. The third kappa shape index (κ3) is 3.17. The molecule has 0 saturated carbocycles. The van der Waals surface area contributed by atoms with Crippen molar-refractivity contribution in [3.63, 3.8) is 0 Å². The molecule has 1 aliphatic rings. The summed E-state index contributed by atoms with van der Waals surface area (Å²) in [7, 11) is -3.71. The second kappa shape index (κ2) is 6.68. The summed E-state index contributed by atoms with van der Waals surface area (Å²) in [6.07, 6.45) is 2.27. The number of pyridine rings is 1. The average Bonchev–Trinajstić information content (AvgIpc) is 3.05. The smallest absolute Gasteiger partial charge is 0.265 e. The van der Waals surface area contributed by atoms with E-state index in [1.807, 2.05) is 12.1 Å². The van der Waals surface area contributed by atoms with Gasteiger partial charge in [-0.1, -0.05) is 12.1 Å². The molecule has 0 radical (unpaired) electrons. The predicted octanol–water partition coefficient (Wildman–Crippen LogP) is 2.66. The number of ether oxygens (including phenoxy) is 1. The van der Waals surface area contributed by atoms with Gasteiger partial charge in [-0.05, 0) is 37.6 Å². The zero-order chi connectivity index (χ0) is 17.2. The standard InChI is InChI=1S/C17H21N3O3S/c1-3-20(4-2)16-9-8-14(12-18-16)19-24(21,22)15-7-5-6-13-10-11-23-17(13)15/h5-9,12,19H,3-4,10-11H2,1-2H3. The number of aromatic nitrogens is 1. The van der Waals surface area contributed by atoms with Gasteiger partial charge >= 0.3 is 0 Å². The molecule has 128 valence electrons. The summed E-state index contributed by atoms with van der Waals surface area (Å²) < 4.78 is 33.4. The van der Waals surface area contributed by atoms with Gasteiger partial charge in [0, 0.05) is 19.5 Å². The highest BCUT2D eigenvalue weighted by Gasteiger charge is 2.25. The van der Waals surface area contributed by atoms with Gasteiger partial charge in [-0.15, -0.1) is 0 Å². The van der Waals surface area contributed by atoms with Gasteiger partial charge in [-0.3, -0.25) is 4.72 Å². The van der Waals surface area contributed by atoms with E-state index in [1.165, 1.54) is 6.20 Å². The van der Waals surface area contributed by atoms with E-state index in [-0.39, 0.29) is 4.90 Å². The molecule has 0 saturated heterocycles. The molecular formula is C17H21N3O3S. The molecule has 3 rings (SSSR count). The van der Waals surface area contributed by atoms with Crippen LogP contribution in [0.15, 0.2) is 41.4 Å². The van der Waals surface area contributed by atoms with E-state index < -0.39 is 10.0 Å². The molecule has 0 amide bonds. The van der Waals surface area contributed by atoms with E-state index in [4.69, 9.17) is 4.74 Å². The summed E-state index contributed by atoms with van der Waals surface area (Å²) in [6, 6.07) is 8.73. The highest BCUT2D eigenvalue weighted by molar-refractivity contribution is 7.92. The number of hydrogen-bond donors (Lipinski definition) is 1. The van der Waals surface area contributed by atoms with Gasteiger partial charge in [0.15, 0.2) is 0 Å². The highest BCUT2D eigenvalue weighted by Crippen LogP contribution is 2.33. The summed E-state index contributed by atoms with van der Waals surface area (Å²) in [6.45, 7) is 6.32. The fourth-order valence-electron chi connectivity index (χ4n) is 2.79. The van der Waals surface area contributed by atoms with Gasteiger partial charge in [0.25, 0.3) is 10.0 Å². The monoisotopic (exact) mass is 347 g/mol. The fraction of sp³-hybridized carbons (Fsp3) is 0.353. The molecule has 1 aromatic carbocycles. The second-order valence-electron chi connectivity index (χ2n) is 5.53. The van der Waals surface area contributed by atoms with Crippen molar-refractivity contribution in [2.24, 2.45) is 0 Å². The van der Waals surface area contributed by atoms with Crippen LogP contribution in [0.2, 0.25) is 0 Å². The zero-order valence-corrected chi connectivity index (χ0v) is 14.6. The van der Waals surface area contributed by atoms with Crippen LogP contribution in [0.1, 0.15) is 19.4 Å². The maximum absolute atomic E-state index is 12.7. The molecule has 1 aliphatic heterocycles. The number of benzene rings is 1. The Bertz CT molecular complexity index is 815. The third-order valence-electron chi connectivity index (χ3n) is 4.06. The first kappa shape index (κ1) is 16.6. The lowest BCUT2D eigenvalue weighted by atomic mass is 10.2. The number of anilines is 2. The van der Waals surface area contributed by atoms with Crippen LogP contribution >= 0.6 is 0 Å². The van der Waals surface area contributed by atoms with Crippen molar-refractivity contribution in [2.75, 3.05) is 29.3 Å². The van der Waals surface area contributed by atoms with Crippen LogP contribution in [-0.2, 0) is 16.4 Å². The average molecular weight is 347 g/mol. The number of nitrogens with one attached hydrogen (secondary N) is 1. The minimum absolute atomic E-state index is 0.172. The quantitative estimate of drug-likeness (QED) is 0.870. The van der Waals surface area contributed by atoms with E-state index >= 15 is 0 Å². The first-order chi connectivity index (χ1) is 11.5. The van der Waals surface area contributed by atoms with Gasteiger partial charge < -0.3 is 9.64 Å². The Hall–Kier alpha value is -2.28. The normalized spacial score (nSPS) is 13.2. The molecular weight excluding hydrogens is 326 g/mol. The minimum atomic E-state index is -3.71. The first-order valence-corrected chi connectivity index (χ1v) is 9.52. The lowest BCUT2D eigenvalue weighted by molar-refractivity contribution is 0.348. The maximum atomic E-state index is 12.7. The van der Waals surface area contributed by atoms with Gasteiger partial charge in [-0.2, -0.15) is 0 Å². The maximum Gasteiger partial charge on any atom is 0.265 e. The van der Waals surface area contributed by atoms with E-state index in [9.17, 15) is 8.42 Å². The van der Waals surface area contributed by atoms with Crippen molar-refractivity contribution in [2.45, 2.75) is 25.2 Å². The molecule has 0 unspecified atom stereocenters. The summed E-state index contributed by atoms with van der Waals surface area (Å²) in [5, 5.41) is 0. The summed E-state index contributed by atoms with van der Waals surface area (Å²) >= 11 is 0. The Morgan fingerprint density at radius 1 is 1.21 bits per heavy atom. The number of sulfonamides is 1. The molecule has 2 aromatic rings. The molecule has 0 fully saturated rings. The number of fused-ring (bicyclic) bond motifs is 1. The Labute approximate surface area is 142 Å². The molecule has 2 heterocycles. The van der Waals surface area contributed by atoms with Crippen LogP contribution in [0.3, 0.4) is 0 Å². The van der Waals surface area contributed by atoms with Crippen molar-refractivity contribution in [1.82, 2.24) is 4.98 Å². The van der Waals surface area contributed by atoms with E-state index in [0.29, 0.717) is 18.0 Å². The number of rotatable bonds is 6. The Morgan fingerprint density at radius 2 is 2.00 bits per heavy atom. The molecule has 6 nitrogen and oxygen atoms in total. The van der Waals surface area contributed by atoms with Gasteiger partial charge in [0.05, 0.1) is 18.5 Å². The van der Waals surface area contributed by atoms with Crippen LogP contribution in [0.4, 0.5) is 11.5 Å². The highest BCUT2D eigenvalue weighted by atomic mass is 32.2. The molecule has 1 N–H and O–H groups in total. The molecule has 7 heteroatoms. The lowest BCUT2D eigenvalue weighted by Gasteiger charge is -2.19. The molecule has 0 bridgehead atoms. The Kier molecular flexibility index (Phi) is 4.62.